The summed E-state index contributed by atoms with van der Waals surface area (Å²) in [5.41, 5.74) is 5.97. The molecule has 1 heterocycles. The van der Waals surface area contributed by atoms with Gasteiger partial charge in [0.25, 0.3) is 0 Å². The topological polar surface area (TPSA) is 60.9 Å². The van der Waals surface area contributed by atoms with E-state index >= 15 is 0 Å². The molecule has 0 saturated carbocycles. The fourth-order valence-corrected chi connectivity index (χ4v) is 4.18. The minimum atomic E-state index is -0.934. The number of aliphatic carboxylic acids is 1. The zero-order valence-corrected chi connectivity index (χ0v) is 18.8. The summed E-state index contributed by atoms with van der Waals surface area (Å²) < 4.78 is 0. The van der Waals surface area contributed by atoms with Gasteiger partial charge in [0, 0.05) is 43.9 Å². The van der Waals surface area contributed by atoms with Crippen molar-refractivity contribution in [3.05, 3.63) is 64.7 Å². The number of carbonyl (C=O) groups is 2. The molecule has 0 atom stereocenters. The first-order valence-electron chi connectivity index (χ1n) is 11.3. The van der Waals surface area contributed by atoms with E-state index in [1.807, 2.05) is 24.3 Å². The lowest BCUT2D eigenvalue weighted by Gasteiger charge is -2.37. The Kier molecular flexibility index (Phi) is 8.24. The molecule has 31 heavy (non-hydrogen) atoms. The van der Waals surface area contributed by atoms with Gasteiger partial charge in [-0.15, -0.1) is 0 Å². The van der Waals surface area contributed by atoms with Crippen LogP contribution < -0.4 is 4.90 Å². The summed E-state index contributed by atoms with van der Waals surface area (Å²) in [6.45, 7) is 9.92. The predicted octanol–water partition coefficient (Wildman–Crippen LogP) is 4.50. The number of piperazine rings is 1. The zero-order valence-electron chi connectivity index (χ0n) is 18.8. The Labute approximate surface area is 185 Å². The van der Waals surface area contributed by atoms with Crippen molar-refractivity contribution >= 4 is 17.4 Å². The van der Waals surface area contributed by atoms with Crippen LogP contribution in [0, 0.1) is 13.8 Å². The van der Waals surface area contributed by atoms with Crippen molar-refractivity contribution < 1.29 is 14.7 Å². The van der Waals surface area contributed by atoms with E-state index in [1.54, 1.807) is 0 Å². The number of anilines is 1. The van der Waals surface area contributed by atoms with Gasteiger partial charge in [-0.25, -0.2) is 0 Å². The van der Waals surface area contributed by atoms with Crippen molar-refractivity contribution in [1.82, 2.24) is 4.90 Å². The largest absolute Gasteiger partial charge is 0.481 e. The number of hydrogen-bond donors (Lipinski definition) is 1. The van der Waals surface area contributed by atoms with Crippen LogP contribution in [0.2, 0.25) is 0 Å². The maximum Gasteiger partial charge on any atom is 0.303 e. The normalized spacial score (nSPS) is 14.6. The number of benzene rings is 2. The fraction of sp³-hybridized carbons (Fsp3) is 0.462. The van der Waals surface area contributed by atoms with Crippen molar-refractivity contribution in [2.75, 3.05) is 37.6 Å². The molecule has 166 valence electrons. The molecular weight excluding hydrogens is 388 g/mol. The third-order valence-corrected chi connectivity index (χ3v) is 6.32. The summed E-state index contributed by atoms with van der Waals surface area (Å²) in [4.78, 5) is 27.6. The lowest BCUT2D eigenvalue weighted by molar-refractivity contribution is -0.136. The highest BCUT2D eigenvalue weighted by molar-refractivity contribution is 5.97. The van der Waals surface area contributed by atoms with Gasteiger partial charge in [-0.05, 0) is 62.4 Å². The standard InChI is InChI=1S/C26H34N2O3/c1-20-6-5-8-24(21(20)2)28-18-16-27(17-19-28)15-4-3-7-22-9-11-23(12-10-22)25(29)13-14-26(30)31/h5-6,8-12H,3-4,7,13-19H2,1-2H3,(H,30,31). The second kappa shape index (κ2) is 11.1. The Bertz CT molecular complexity index is 884. The molecule has 1 fully saturated rings. The number of carbonyl (C=O) groups excluding carboxylic acids is 1. The Morgan fingerprint density at radius 1 is 0.903 bits per heavy atom. The molecule has 0 radical (unpaired) electrons. The average molecular weight is 423 g/mol. The summed E-state index contributed by atoms with van der Waals surface area (Å²) in [6.07, 6.45) is 3.25. The van der Waals surface area contributed by atoms with Crippen molar-refractivity contribution in [3.8, 4) is 0 Å². The van der Waals surface area contributed by atoms with Gasteiger partial charge >= 0.3 is 5.97 Å². The molecule has 0 bridgehead atoms. The molecule has 2 aromatic carbocycles. The lowest BCUT2D eigenvalue weighted by atomic mass is 10.0. The molecule has 5 heteroatoms. The number of rotatable bonds is 10. The number of hydrogen-bond acceptors (Lipinski definition) is 4. The van der Waals surface area contributed by atoms with E-state index in [0.717, 1.165) is 45.6 Å². The molecule has 1 aliphatic rings. The molecule has 1 saturated heterocycles. The summed E-state index contributed by atoms with van der Waals surface area (Å²) >= 11 is 0. The summed E-state index contributed by atoms with van der Waals surface area (Å²) in [6, 6.07) is 14.2. The summed E-state index contributed by atoms with van der Waals surface area (Å²) in [7, 11) is 0. The van der Waals surface area contributed by atoms with E-state index in [0.29, 0.717) is 5.56 Å². The summed E-state index contributed by atoms with van der Waals surface area (Å²) in [5, 5.41) is 8.70. The Morgan fingerprint density at radius 2 is 1.61 bits per heavy atom. The van der Waals surface area contributed by atoms with E-state index < -0.39 is 5.97 Å². The van der Waals surface area contributed by atoms with Crippen LogP contribution in [0.15, 0.2) is 42.5 Å². The van der Waals surface area contributed by atoms with E-state index in [9.17, 15) is 9.59 Å². The number of aryl methyl sites for hydroxylation is 2. The first-order chi connectivity index (χ1) is 14.9. The molecule has 0 amide bonds. The quantitative estimate of drug-likeness (QED) is 0.451. The predicted molar refractivity (Wildman–Crippen MR) is 125 cm³/mol. The van der Waals surface area contributed by atoms with Crippen LogP contribution in [0.5, 0.6) is 0 Å². The van der Waals surface area contributed by atoms with Crippen LogP contribution in [-0.2, 0) is 11.2 Å². The van der Waals surface area contributed by atoms with Crippen LogP contribution >= 0.6 is 0 Å². The van der Waals surface area contributed by atoms with Crippen molar-refractivity contribution in [2.24, 2.45) is 0 Å². The van der Waals surface area contributed by atoms with Gasteiger partial charge in [0.15, 0.2) is 5.78 Å². The van der Waals surface area contributed by atoms with Gasteiger partial charge in [-0.1, -0.05) is 36.4 Å². The second-order valence-electron chi connectivity index (χ2n) is 8.52. The van der Waals surface area contributed by atoms with Gasteiger partial charge in [-0.3, -0.25) is 14.5 Å². The maximum absolute atomic E-state index is 12.0. The third-order valence-electron chi connectivity index (χ3n) is 6.32. The van der Waals surface area contributed by atoms with E-state index in [4.69, 9.17) is 5.11 Å². The smallest absolute Gasteiger partial charge is 0.303 e. The van der Waals surface area contributed by atoms with Crippen LogP contribution in [-0.4, -0.2) is 54.5 Å². The van der Waals surface area contributed by atoms with Gasteiger partial charge in [0.1, 0.15) is 0 Å². The van der Waals surface area contributed by atoms with E-state index in [1.165, 1.54) is 28.8 Å². The van der Waals surface area contributed by atoms with Crippen molar-refractivity contribution in [1.29, 1.82) is 0 Å². The fourth-order valence-electron chi connectivity index (χ4n) is 4.18. The third kappa shape index (κ3) is 6.66. The van der Waals surface area contributed by atoms with Crippen molar-refractivity contribution in [3.63, 3.8) is 0 Å². The van der Waals surface area contributed by atoms with E-state index in [-0.39, 0.29) is 18.6 Å². The molecule has 0 aliphatic carbocycles. The van der Waals surface area contributed by atoms with Gasteiger partial charge < -0.3 is 10.0 Å². The van der Waals surface area contributed by atoms with Crippen LogP contribution in [0.4, 0.5) is 5.69 Å². The highest BCUT2D eigenvalue weighted by Gasteiger charge is 2.18. The number of ketones is 1. The van der Waals surface area contributed by atoms with Crippen LogP contribution in [0.25, 0.3) is 0 Å². The Morgan fingerprint density at radius 3 is 2.29 bits per heavy atom. The molecule has 0 aromatic heterocycles. The molecule has 0 spiro atoms. The minimum Gasteiger partial charge on any atom is -0.481 e. The maximum atomic E-state index is 12.0. The first kappa shape index (κ1) is 23.0. The number of Topliss-reactive ketones (excluding diaryl/α,β-unsaturated/α-hetero) is 1. The molecule has 0 unspecified atom stereocenters. The highest BCUT2D eigenvalue weighted by atomic mass is 16.4. The van der Waals surface area contributed by atoms with Gasteiger partial charge in [-0.2, -0.15) is 0 Å². The minimum absolute atomic E-state index is 0.0609. The Hall–Kier alpha value is -2.66. The van der Waals surface area contributed by atoms with Crippen LogP contribution in [0.1, 0.15) is 52.7 Å². The van der Waals surface area contributed by atoms with Crippen molar-refractivity contribution in [2.45, 2.75) is 46.0 Å². The SMILES string of the molecule is Cc1cccc(N2CCN(CCCCc3ccc(C(=O)CCC(=O)O)cc3)CC2)c1C. The highest BCUT2D eigenvalue weighted by Crippen LogP contribution is 2.24. The number of nitrogens with zero attached hydrogens (tertiary/aromatic N) is 2. The number of carboxylic acid groups (broad SMARTS) is 1. The molecular formula is C26H34N2O3. The molecule has 5 nitrogen and oxygen atoms in total. The zero-order chi connectivity index (χ0) is 22.2. The second-order valence-corrected chi connectivity index (χ2v) is 8.52. The first-order valence-corrected chi connectivity index (χ1v) is 11.3. The number of carboxylic acids is 1. The molecule has 1 aliphatic heterocycles. The van der Waals surface area contributed by atoms with Crippen LogP contribution in [0.3, 0.4) is 0 Å². The lowest BCUT2D eigenvalue weighted by Crippen LogP contribution is -2.46. The summed E-state index contributed by atoms with van der Waals surface area (Å²) in [5.74, 6) is -1.04. The molecule has 3 rings (SSSR count). The monoisotopic (exact) mass is 422 g/mol. The van der Waals surface area contributed by atoms with Gasteiger partial charge in [0.2, 0.25) is 0 Å². The Balaban J connectivity index is 1.35. The molecule has 1 N–H and O–H groups in total. The average Bonchev–Trinajstić information content (AvgIpc) is 2.78. The number of unbranched alkanes of at least 4 members (excludes halogenated alkanes) is 1. The van der Waals surface area contributed by atoms with E-state index in [2.05, 4.69) is 41.8 Å². The molecule has 2 aromatic rings. The van der Waals surface area contributed by atoms with Gasteiger partial charge in [0.05, 0.1) is 6.42 Å².